The SMILES string of the molecule is CN(CC(O)CO)C(=O)c1c(I)c(NC(=O)CO)c(I)c(C(=O)NCCCN(CCCNC(=O)c2c(I)c(NC(=O)CO)c(I)c(C(=O)N(C)CC(O)CO)c2I)C(=O)c2c(I)c(NC(=O)CO)c(I)c(C(=O)N(C)CC(O)CO)c2I)c1I. The minimum atomic E-state index is -1.34. The molecular weight excluding hydrogens is 2130 g/mol. The van der Waals surface area contributed by atoms with E-state index in [-0.39, 0.29) is 141 Å². The molecule has 0 aliphatic carbocycles. The quantitative estimate of drug-likeness (QED) is 0.0344. The number of hydrogen-bond acceptors (Lipinski definition) is 18. The normalized spacial score (nSPS) is 12.2. The number of nitrogens with zero attached hydrogens (tertiary/aromatic N) is 4. The van der Waals surface area contributed by atoms with Gasteiger partial charge in [0.15, 0.2) is 0 Å². The van der Waals surface area contributed by atoms with Crippen LogP contribution < -0.4 is 26.6 Å². The zero-order valence-electron chi connectivity index (χ0n) is 44.2. The Morgan fingerprint density at radius 1 is 0.381 bits per heavy atom. The molecule has 0 spiro atoms. The van der Waals surface area contributed by atoms with Crippen LogP contribution in [0.15, 0.2) is 0 Å². The molecule has 0 aliphatic heterocycles. The van der Waals surface area contributed by atoms with E-state index in [9.17, 15) is 84.3 Å². The van der Waals surface area contributed by atoms with E-state index in [0.717, 1.165) is 14.7 Å². The number of aliphatic hydroxyl groups excluding tert-OH is 9. The average Bonchev–Trinajstić information content (AvgIpc) is 1.23. The van der Waals surface area contributed by atoms with Crippen molar-refractivity contribution in [3.8, 4) is 0 Å². The highest BCUT2D eigenvalue weighted by Crippen LogP contribution is 2.40. The summed E-state index contributed by atoms with van der Waals surface area (Å²) in [4.78, 5) is 128. The van der Waals surface area contributed by atoms with Gasteiger partial charge < -0.3 is 92.1 Å². The van der Waals surface area contributed by atoms with E-state index in [0.29, 0.717) is 0 Å². The van der Waals surface area contributed by atoms with Crippen molar-refractivity contribution in [3.63, 3.8) is 0 Å². The van der Waals surface area contributed by atoms with Crippen LogP contribution in [0.4, 0.5) is 17.1 Å². The molecule has 0 saturated carbocycles. The molecule has 36 heteroatoms. The molecule has 3 atom stereocenters. The number of benzene rings is 3. The van der Waals surface area contributed by atoms with Gasteiger partial charge in [-0.1, -0.05) is 0 Å². The van der Waals surface area contributed by atoms with E-state index < -0.39 is 111 Å². The number of halogens is 9. The minimum Gasteiger partial charge on any atom is -0.394 e. The molecule has 0 aromatic heterocycles. The smallest absolute Gasteiger partial charge is 0.256 e. The minimum absolute atomic E-state index is 0.00672. The maximum atomic E-state index is 15.2. The lowest BCUT2D eigenvalue weighted by Gasteiger charge is -2.27. The summed E-state index contributed by atoms with van der Waals surface area (Å²) < 4.78 is 1.53. The van der Waals surface area contributed by atoms with Gasteiger partial charge in [0.2, 0.25) is 17.7 Å². The Hall–Kier alpha value is -0.900. The molecule has 3 aromatic carbocycles. The third-order valence-corrected chi connectivity index (χ3v) is 21.4. The van der Waals surface area contributed by atoms with Gasteiger partial charge >= 0.3 is 0 Å². The second-order valence-corrected chi connectivity index (χ2v) is 27.6. The van der Waals surface area contributed by atoms with Gasteiger partial charge in [-0.2, -0.15) is 0 Å². The molecule has 0 radical (unpaired) electrons. The predicted octanol–water partition coefficient (Wildman–Crippen LogP) is 1.28. The molecule has 27 nitrogen and oxygen atoms in total. The molecule has 0 heterocycles. The van der Waals surface area contributed by atoms with Crippen molar-refractivity contribution in [1.29, 1.82) is 0 Å². The second-order valence-electron chi connectivity index (χ2n) is 17.9. The summed E-state index contributed by atoms with van der Waals surface area (Å²) in [6.45, 7) is -6.30. The highest BCUT2D eigenvalue weighted by molar-refractivity contribution is 14.1. The molecule has 0 bridgehead atoms. The summed E-state index contributed by atoms with van der Waals surface area (Å²) in [5.74, 6) is -6.82. The summed E-state index contributed by atoms with van der Waals surface area (Å²) in [5.41, 5.74) is -0.264. The first-order valence-electron chi connectivity index (χ1n) is 24.2. The van der Waals surface area contributed by atoms with Gasteiger partial charge in [-0.25, -0.2) is 0 Å². The van der Waals surface area contributed by atoms with Gasteiger partial charge in [-0.05, 0) is 216 Å². The predicted molar refractivity (Wildman–Crippen MR) is 381 cm³/mol. The number of carbonyl (C=O) groups excluding carboxylic acids is 9. The first-order chi connectivity index (χ1) is 39.4. The van der Waals surface area contributed by atoms with Crippen LogP contribution in [0.1, 0.15) is 75.0 Å². The van der Waals surface area contributed by atoms with E-state index in [2.05, 4.69) is 26.6 Å². The highest BCUT2D eigenvalue weighted by Gasteiger charge is 2.35. The Morgan fingerprint density at radius 2 is 0.619 bits per heavy atom. The lowest BCUT2D eigenvalue weighted by Crippen LogP contribution is -2.39. The van der Waals surface area contributed by atoms with Crippen LogP contribution in [0.2, 0.25) is 0 Å². The lowest BCUT2D eigenvalue weighted by atomic mass is 10.1. The number of anilines is 3. The summed E-state index contributed by atoms with van der Waals surface area (Å²) in [6.07, 6.45) is -3.90. The first kappa shape index (κ1) is 77.3. The van der Waals surface area contributed by atoms with Crippen LogP contribution >= 0.6 is 203 Å². The average molecular weight is 2190 g/mol. The molecule has 3 unspecified atom stereocenters. The van der Waals surface area contributed by atoms with Crippen molar-refractivity contribution in [2.24, 2.45) is 0 Å². The van der Waals surface area contributed by atoms with Gasteiger partial charge in [0.1, 0.15) is 19.8 Å². The lowest BCUT2D eigenvalue weighted by molar-refractivity contribution is -0.119. The fourth-order valence-electron chi connectivity index (χ4n) is 7.54. The topological polar surface area (TPSA) is 409 Å². The van der Waals surface area contributed by atoms with E-state index >= 15 is 4.79 Å². The van der Waals surface area contributed by atoms with Crippen molar-refractivity contribution in [2.45, 2.75) is 31.2 Å². The van der Waals surface area contributed by atoms with E-state index in [4.69, 9.17) is 0 Å². The second kappa shape index (κ2) is 36.8. The third-order valence-electron chi connectivity index (χ3n) is 11.7. The zero-order chi connectivity index (χ0) is 63.8. The summed E-state index contributed by atoms with van der Waals surface area (Å²) in [7, 11) is 4.08. The van der Waals surface area contributed by atoms with Gasteiger partial charge in [0.25, 0.3) is 35.4 Å². The molecule has 0 saturated heterocycles. The third kappa shape index (κ3) is 20.0. The molecule has 3 rings (SSSR count). The highest BCUT2D eigenvalue weighted by atomic mass is 127. The number of carbonyl (C=O) groups is 9. The van der Waals surface area contributed by atoms with Crippen molar-refractivity contribution >= 4 is 274 Å². The van der Waals surface area contributed by atoms with E-state index in [1.54, 1.807) is 0 Å². The van der Waals surface area contributed by atoms with Gasteiger partial charge in [0, 0.05) is 77.7 Å². The van der Waals surface area contributed by atoms with Crippen molar-refractivity contribution < 1.29 is 89.1 Å². The summed E-state index contributed by atoms with van der Waals surface area (Å²) in [6, 6.07) is 0. The molecule has 14 N–H and O–H groups in total. The largest absolute Gasteiger partial charge is 0.394 e. The molecule has 3 aromatic rings. The molecule has 464 valence electrons. The standard InChI is InChI=1S/C48H56I9N9O18/c1-63(10-19(73)13-67)45(81)27-31(49)25(34(52)40(36(27)54)60-22(76)16-70)43(79)58-6-4-8-66(48(84)30-33(51)29(47(83)65(3)12-21(75)15-69)38(56)42(39(30)57)62-24(78)18-72)9-5-7-59-44(80)26-32(50)28(46(82)64(2)11-20(74)14-68)37(55)41(35(26)53)61-23(77)17-71/h19-21,67-75H,4-18H2,1-3H3,(H,58,79)(H,59,80)(H,60,76)(H,61,77)(H,62,78). The Labute approximate surface area is 603 Å². The van der Waals surface area contributed by atoms with Crippen LogP contribution in [0.5, 0.6) is 0 Å². The molecule has 84 heavy (non-hydrogen) atoms. The number of likely N-dealkylation sites (N-methyl/N-ethyl adjacent to an activating group) is 3. The van der Waals surface area contributed by atoms with Crippen molar-refractivity contribution in [2.75, 3.05) is 123 Å². The Balaban J connectivity index is 2.19. The molecule has 0 fully saturated rings. The van der Waals surface area contributed by atoms with Crippen LogP contribution in [0.3, 0.4) is 0 Å². The summed E-state index contributed by atoms with van der Waals surface area (Å²) in [5, 5.41) is 101. The van der Waals surface area contributed by atoms with Crippen LogP contribution in [-0.4, -0.2) is 244 Å². The van der Waals surface area contributed by atoms with Gasteiger partial charge in [-0.3, -0.25) is 43.2 Å². The van der Waals surface area contributed by atoms with E-state index in [1.165, 1.54) is 26.0 Å². The number of nitrogens with one attached hydrogen (secondary N) is 5. The van der Waals surface area contributed by atoms with E-state index in [1.807, 2.05) is 203 Å². The van der Waals surface area contributed by atoms with Crippen LogP contribution in [0.25, 0.3) is 0 Å². The number of amides is 9. The van der Waals surface area contributed by atoms with Crippen molar-refractivity contribution in [3.05, 3.63) is 65.5 Å². The maximum absolute atomic E-state index is 15.2. The molecule has 0 aliphatic rings. The van der Waals surface area contributed by atoms with Gasteiger partial charge in [0.05, 0.1) is 110 Å². The number of aliphatic hydroxyl groups is 9. The molecule has 9 amide bonds. The fourth-order valence-corrected chi connectivity index (χ4v) is 20.7. The van der Waals surface area contributed by atoms with Crippen molar-refractivity contribution in [1.82, 2.24) is 30.2 Å². The van der Waals surface area contributed by atoms with Gasteiger partial charge in [-0.15, -0.1) is 0 Å². The monoisotopic (exact) mass is 2190 g/mol. The maximum Gasteiger partial charge on any atom is 0.256 e. The Kier molecular flexibility index (Phi) is 33.9. The number of hydrogen-bond donors (Lipinski definition) is 14. The van der Waals surface area contributed by atoms with Crippen LogP contribution in [0, 0.1) is 32.1 Å². The fraction of sp³-hybridized carbons (Fsp3) is 0.438. The molecular formula is C48H56I9N9O18. The summed E-state index contributed by atoms with van der Waals surface area (Å²) >= 11 is 16.3. The van der Waals surface area contributed by atoms with Crippen LogP contribution in [-0.2, 0) is 14.4 Å². The zero-order valence-corrected chi connectivity index (χ0v) is 63.6. The number of rotatable bonds is 29. The Morgan fingerprint density at radius 3 is 0.869 bits per heavy atom. The Bertz CT molecular complexity index is 2890. The first-order valence-corrected chi connectivity index (χ1v) is 34.0.